The molecule has 2 nitrogen and oxygen atoms in total. The molecule has 0 spiro atoms. The van der Waals surface area contributed by atoms with Crippen molar-refractivity contribution in [2.75, 3.05) is 0 Å². The molecule has 2 heterocycles. The number of rotatable bonds is 3. The van der Waals surface area contributed by atoms with Crippen molar-refractivity contribution in [1.29, 1.82) is 0 Å². The Hall–Kier alpha value is -1.22. The van der Waals surface area contributed by atoms with Crippen molar-refractivity contribution < 1.29 is 9.00 Å². The summed E-state index contributed by atoms with van der Waals surface area (Å²) in [5.74, 6) is 0.297. The number of hydrogen-bond acceptors (Lipinski definition) is 2. The molecule has 0 aliphatic carbocycles. The van der Waals surface area contributed by atoms with Gasteiger partial charge in [-0.15, -0.1) is 0 Å². The van der Waals surface area contributed by atoms with Crippen LogP contribution >= 0.6 is 0 Å². The molecule has 0 aromatic heterocycles. The number of ketones is 1. The van der Waals surface area contributed by atoms with Crippen molar-refractivity contribution >= 4 is 22.2 Å². The standard InChI is InChI=1S/C18H22O2S/c1-12(2)13-6-8-14(9-7-13)18(19)15-10-16-4-3-5-17(11-15)21(16)20/h6-9,15-17H,1,3-5,10-11H2,2H3. The lowest BCUT2D eigenvalue weighted by molar-refractivity contribution is 0.0895. The van der Waals surface area contributed by atoms with E-state index in [4.69, 9.17) is 0 Å². The van der Waals surface area contributed by atoms with Gasteiger partial charge in [-0.3, -0.25) is 9.00 Å². The minimum absolute atomic E-state index is 0.0636. The van der Waals surface area contributed by atoms with E-state index in [0.717, 1.165) is 42.4 Å². The van der Waals surface area contributed by atoms with Gasteiger partial charge in [0.15, 0.2) is 5.78 Å². The van der Waals surface area contributed by atoms with Crippen LogP contribution in [0.5, 0.6) is 0 Å². The average molecular weight is 302 g/mol. The van der Waals surface area contributed by atoms with Crippen LogP contribution in [0.4, 0.5) is 0 Å². The topological polar surface area (TPSA) is 34.1 Å². The van der Waals surface area contributed by atoms with Gasteiger partial charge in [0.25, 0.3) is 0 Å². The molecule has 2 bridgehead atoms. The summed E-state index contributed by atoms with van der Waals surface area (Å²) in [7, 11) is -0.703. The minimum Gasteiger partial charge on any atom is -0.294 e. The summed E-state index contributed by atoms with van der Waals surface area (Å²) in [5.41, 5.74) is 2.88. The zero-order valence-electron chi connectivity index (χ0n) is 12.5. The molecule has 0 radical (unpaired) electrons. The highest BCUT2D eigenvalue weighted by molar-refractivity contribution is 7.86. The Labute approximate surface area is 129 Å². The molecule has 112 valence electrons. The SMILES string of the molecule is C=C(C)c1ccc(C(=O)C2CC3CCCC(C2)S3=O)cc1. The van der Waals surface area contributed by atoms with Crippen LogP contribution in [-0.4, -0.2) is 20.5 Å². The first kappa shape index (κ1) is 14.7. The number of hydrogen-bond donors (Lipinski definition) is 0. The number of benzene rings is 1. The van der Waals surface area contributed by atoms with Crippen molar-refractivity contribution in [3.8, 4) is 0 Å². The molecule has 2 saturated heterocycles. The van der Waals surface area contributed by atoms with Gasteiger partial charge in [-0.1, -0.05) is 42.8 Å². The van der Waals surface area contributed by atoms with Gasteiger partial charge in [-0.05, 0) is 38.2 Å². The first-order chi connectivity index (χ1) is 10.1. The fourth-order valence-electron chi connectivity index (χ4n) is 3.60. The lowest BCUT2D eigenvalue weighted by atomic mass is 9.84. The summed E-state index contributed by atoms with van der Waals surface area (Å²) in [6.07, 6.45) is 4.85. The van der Waals surface area contributed by atoms with Crippen LogP contribution in [0.15, 0.2) is 30.8 Å². The maximum atomic E-state index is 12.7. The largest absolute Gasteiger partial charge is 0.294 e. The second-order valence-electron chi connectivity index (χ2n) is 6.39. The molecule has 0 saturated carbocycles. The molecule has 2 aliphatic heterocycles. The van der Waals surface area contributed by atoms with E-state index in [2.05, 4.69) is 6.58 Å². The van der Waals surface area contributed by atoms with E-state index in [1.807, 2.05) is 31.2 Å². The van der Waals surface area contributed by atoms with E-state index in [1.165, 1.54) is 6.42 Å². The fraction of sp³-hybridized carbons (Fsp3) is 0.500. The Morgan fingerprint density at radius 3 is 2.14 bits per heavy atom. The van der Waals surface area contributed by atoms with E-state index in [1.54, 1.807) is 0 Å². The quantitative estimate of drug-likeness (QED) is 0.791. The lowest BCUT2D eigenvalue weighted by Crippen LogP contribution is -2.41. The number of carbonyl (C=O) groups excluding carboxylic acids is 1. The van der Waals surface area contributed by atoms with Crippen LogP contribution in [0.3, 0.4) is 0 Å². The minimum atomic E-state index is -0.703. The molecule has 1 aromatic carbocycles. The number of fused-ring (bicyclic) bond motifs is 2. The van der Waals surface area contributed by atoms with E-state index in [-0.39, 0.29) is 22.2 Å². The summed E-state index contributed by atoms with van der Waals surface area (Å²) >= 11 is 0. The molecule has 2 fully saturated rings. The summed E-state index contributed by atoms with van der Waals surface area (Å²) in [4.78, 5) is 12.7. The Morgan fingerprint density at radius 2 is 1.62 bits per heavy atom. The molecular weight excluding hydrogens is 280 g/mol. The van der Waals surface area contributed by atoms with Crippen LogP contribution in [0.2, 0.25) is 0 Å². The maximum Gasteiger partial charge on any atom is 0.166 e. The maximum absolute atomic E-state index is 12.7. The zero-order valence-corrected chi connectivity index (χ0v) is 13.3. The average Bonchev–Trinajstić information content (AvgIpc) is 2.46. The van der Waals surface area contributed by atoms with Crippen molar-refractivity contribution in [1.82, 2.24) is 0 Å². The molecule has 3 heteroatoms. The first-order valence-electron chi connectivity index (χ1n) is 7.76. The third kappa shape index (κ3) is 2.89. The van der Waals surface area contributed by atoms with Crippen LogP contribution in [-0.2, 0) is 10.8 Å². The van der Waals surface area contributed by atoms with Gasteiger partial charge >= 0.3 is 0 Å². The summed E-state index contributed by atoms with van der Waals surface area (Å²) in [6, 6.07) is 7.76. The molecule has 0 amide bonds. The Kier molecular flexibility index (Phi) is 4.12. The highest BCUT2D eigenvalue weighted by Crippen LogP contribution is 2.38. The number of allylic oxidation sites excluding steroid dienone is 1. The predicted molar refractivity (Wildman–Crippen MR) is 87.8 cm³/mol. The lowest BCUT2D eigenvalue weighted by Gasteiger charge is -2.37. The van der Waals surface area contributed by atoms with Crippen LogP contribution in [0.1, 0.15) is 54.9 Å². The second kappa shape index (κ2) is 5.88. The highest BCUT2D eigenvalue weighted by Gasteiger charge is 2.40. The second-order valence-corrected chi connectivity index (χ2v) is 8.38. The van der Waals surface area contributed by atoms with Gasteiger partial charge in [0.05, 0.1) is 0 Å². The van der Waals surface area contributed by atoms with Gasteiger partial charge in [-0.2, -0.15) is 0 Å². The monoisotopic (exact) mass is 302 g/mol. The summed E-state index contributed by atoms with van der Waals surface area (Å²) < 4.78 is 12.2. The molecule has 2 atom stereocenters. The smallest absolute Gasteiger partial charge is 0.166 e. The molecule has 1 aromatic rings. The molecule has 2 unspecified atom stereocenters. The highest BCUT2D eigenvalue weighted by atomic mass is 32.2. The van der Waals surface area contributed by atoms with Crippen molar-refractivity contribution in [2.45, 2.75) is 49.5 Å². The van der Waals surface area contributed by atoms with Crippen LogP contribution in [0.25, 0.3) is 5.57 Å². The Bertz CT molecular complexity index is 572. The van der Waals surface area contributed by atoms with E-state index in [0.29, 0.717) is 0 Å². The number of carbonyl (C=O) groups is 1. The third-order valence-electron chi connectivity index (χ3n) is 4.84. The van der Waals surface area contributed by atoms with Crippen LogP contribution in [0, 0.1) is 5.92 Å². The molecule has 0 N–H and O–H groups in total. The first-order valence-corrected chi connectivity index (χ1v) is 9.03. The Balaban J connectivity index is 1.76. The molecule has 3 rings (SSSR count). The normalized spacial score (nSPS) is 31.7. The number of Topliss-reactive ketones (excluding diaryl/α,β-unsaturated/α-hetero) is 1. The third-order valence-corrected chi connectivity index (χ3v) is 7.01. The summed E-state index contributed by atoms with van der Waals surface area (Å²) in [6.45, 7) is 5.88. The van der Waals surface area contributed by atoms with E-state index >= 15 is 0 Å². The van der Waals surface area contributed by atoms with Crippen molar-refractivity contribution in [3.63, 3.8) is 0 Å². The molecule has 21 heavy (non-hydrogen) atoms. The van der Waals surface area contributed by atoms with Gasteiger partial charge in [0.1, 0.15) is 0 Å². The zero-order chi connectivity index (χ0) is 15.0. The van der Waals surface area contributed by atoms with Crippen LogP contribution < -0.4 is 0 Å². The van der Waals surface area contributed by atoms with Crippen molar-refractivity contribution in [3.05, 3.63) is 42.0 Å². The summed E-state index contributed by atoms with van der Waals surface area (Å²) in [5, 5.41) is 0.502. The van der Waals surface area contributed by atoms with Gasteiger partial charge in [0, 0.05) is 32.8 Å². The van der Waals surface area contributed by atoms with Gasteiger partial charge < -0.3 is 0 Å². The van der Waals surface area contributed by atoms with E-state index < -0.39 is 10.8 Å². The fourth-order valence-corrected chi connectivity index (χ4v) is 5.79. The van der Waals surface area contributed by atoms with Gasteiger partial charge in [0.2, 0.25) is 0 Å². The van der Waals surface area contributed by atoms with Crippen molar-refractivity contribution in [2.24, 2.45) is 5.92 Å². The Morgan fingerprint density at radius 1 is 1.10 bits per heavy atom. The molecule has 2 aliphatic rings. The predicted octanol–water partition coefficient (Wildman–Crippen LogP) is 3.98. The molecular formula is C18H22O2S. The van der Waals surface area contributed by atoms with E-state index in [9.17, 15) is 9.00 Å². The van der Waals surface area contributed by atoms with Gasteiger partial charge in [-0.25, -0.2) is 0 Å².